The molecular formula is C17H28N2O2. The number of benzene rings is 1. The van der Waals surface area contributed by atoms with Gasteiger partial charge in [0.05, 0.1) is 0 Å². The van der Waals surface area contributed by atoms with E-state index in [2.05, 4.69) is 17.6 Å². The fourth-order valence-electron chi connectivity index (χ4n) is 1.83. The molecule has 1 atom stereocenters. The molecule has 0 aliphatic heterocycles. The average Bonchev–Trinajstić information content (AvgIpc) is 2.46. The fraction of sp³-hybridized carbons (Fsp3) is 0.588. The molecule has 0 radical (unpaired) electrons. The van der Waals surface area contributed by atoms with Gasteiger partial charge in [0.1, 0.15) is 5.75 Å². The molecule has 0 aliphatic carbocycles. The smallest absolute Gasteiger partial charge is 0.258 e. The van der Waals surface area contributed by atoms with Crippen LogP contribution in [0.3, 0.4) is 0 Å². The Kier molecular flexibility index (Phi) is 6.69. The lowest BCUT2D eigenvalue weighted by Crippen LogP contribution is -2.44. The number of nitrogens with one attached hydrogen (secondary N) is 2. The molecule has 1 aromatic carbocycles. The Morgan fingerprint density at radius 2 is 1.90 bits per heavy atom. The van der Waals surface area contributed by atoms with Gasteiger partial charge in [-0.15, -0.1) is 0 Å². The molecular weight excluding hydrogens is 264 g/mol. The first-order valence-electron chi connectivity index (χ1n) is 7.56. The number of hydrogen-bond donors (Lipinski definition) is 2. The monoisotopic (exact) mass is 292 g/mol. The van der Waals surface area contributed by atoms with Crippen LogP contribution < -0.4 is 15.4 Å². The van der Waals surface area contributed by atoms with Crippen molar-refractivity contribution < 1.29 is 9.53 Å². The zero-order chi connectivity index (χ0) is 15.9. The van der Waals surface area contributed by atoms with Crippen LogP contribution in [0.4, 0.5) is 0 Å². The second kappa shape index (κ2) is 8.03. The summed E-state index contributed by atoms with van der Waals surface area (Å²) < 4.78 is 5.52. The molecule has 1 unspecified atom stereocenters. The lowest BCUT2D eigenvalue weighted by molar-refractivity contribution is -0.124. The molecule has 118 valence electrons. The molecule has 1 aromatic rings. The minimum absolute atomic E-state index is 0.0513. The van der Waals surface area contributed by atoms with Crippen LogP contribution >= 0.6 is 0 Å². The predicted molar refractivity (Wildman–Crippen MR) is 86.7 cm³/mol. The van der Waals surface area contributed by atoms with Gasteiger partial charge in [0.25, 0.3) is 5.91 Å². The number of carbonyl (C=O) groups is 1. The zero-order valence-corrected chi connectivity index (χ0v) is 13.8. The van der Waals surface area contributed by atoms with Crippen molar-refractivity contribution in [2.45, 2.75) is 52.1 Å². The fourth-order valence-corrected chi connectivity index (χ4v) is 1.83. The maximum Gasteiger partial charge on any atom is 0.258 e. The Balaban J connectivity index is 2.44. The molecule has 0 bridgehead atoms. The summed E-state index contributed by atoms with van der Waals surface area (Å²) in [4.78, 5) is 11.8. The van der Waals surface area contributed by atoms with Gasteiger partial charge in [0.2, 0.25) is 0 Å². The van der Waals surface area contributed by atoms with Gasteiger partial charge in [-0.1, -0.05) is 19.1 Å². The first-order valence-corrected chi connectivity index (χ1v) is 7.56. The minimum atomic E-state index is -0.187. The Labute approximate surface area is 128 Å². The topological polar surface area (TPSA) is 50.4 Å². The Bertz CT molecular complexity index is 441. The molecule has 1 rings (SSSR count). The van der Waals surface area contributed by atoms with Crippen molar-refractivity contribution in [1.82, 2.24) is 10.6 Å². The highest BCUT2D eigenvalue weighted by Crippen LogP contribution is 2.13. The number of rotatable bonds is 8. The quantitative estimate of drug-likeness (QED) is 0.774. The molecule has 4 heteroatoms. The zero-order valence-electron chi connectivity index (χ0n) is 13.8. The molecule has 0 aromatic heterocycles. The van der Waals surface area contributed by atoms with E-state index in [1.165, 1.54) is 5.56 Å². The van der Waals surface area contributed by atoms with Gasteiger partial charge in [-0.2, -0.15) is 0 Å². The molecule has 0 aliphatic rings. The highest BCUT2D eigenvalue weighted by atomic mass is 16.5. The second-order valence-electron chi connectivity index (χ2n) is 6.11. The largest absolute Gasteiger partial charge is 0.484 e. The van der Waals surface area contributed by atoms with Crippen LogP contribution in [-0.4, -0.2) is 31.1 Å². The summed E-state index contributed by atoms with van der Waals surface area (Å²) in [5.74, 6) is 0.634. The van der Waals surface area contributed by atoms with Crippen LogP contribution in [0.1, 0.15) is 39.7 Å². The van der Waals surface area contributed by atoms with Crippen LogP contribution in [0.5, 0.6) is 5.75 Å². The molecule has 4 nitrogen and oxygen atoms in total. The SMILES string of the molecule is CCC(C)(C)NC(=O)COc1ccc(CC(C)NC)cc1. The van der Waals surface area contributed by atoms with Gasteiger partial charge in [-0.3, -0.25) is 4.79 Å². The molecule has 0 heterocycles. The Morgan fingerprint density at radius 1 is 1.29 bits per heavy atom. The Morgan fingerprint density at radius 3 is 2.43 bits per heavy atom. The number of hydrogen-bond acceptors (Lipinski definition) is 3. The Hall–Kier alpha value is -1.55. The van der Waals surface area contributed by atoms with E-state index < -0.39 is 0 Å². The number of carbonyl (C=O) groups excluding carboxylic acids is 1. The first kappa shape index (κ1) is 17.5. The highest BCUT2D eigenvalue weighted by molar-refractivity contribution is 5.78. The predicted octanol–water partition coefficient (Wildman–Crippen LogP) is 2.52. The number of likely N-dealkylation sites (N-methyl/N-ethyl adjacent to an activating group) is 1. The third kappa shape index (κ3) is 6.63. The van der Waals surface area contributed by atoms with Crippen molar-refractivity contribution >= 4 is 5.91 Å². The van der Waals surface area contributed by atoms with E-state index >= 15 is 0 Å². The van der Waals surface area contributed by atoms with E-state index in [0.717, 1.165) is 18.6 Å². The summed E-state index contributed by atoms with van der Waals surface area (Å²) in [6.07, 6.45) is 1.86. The van der Waals surface area contributed by atoms with Crippen LogP contribution in [0, 0.1) is 0 Å². The van der Waals surface area contributed by atoms with Crippen molar-refractivity contribution in [2.24, 2.45) is 0 Å². The van der Waals surface area contributed by atoms with Crippen molar-refractivity contribution in [2.75, 3.05) is 13.7 Å². The summed E-state index contributed by atoms with van der Waals surface area (Å²) in [5, 5.41) is 6.16. The number of ether oxygens (including phenoxy) is 1. The van der Waals surface area contributed by atoms with E-state index in [1.807, 2.05) is 52.1 Å². The molecule has 0 fully saturated rings. The summed E-state index contributed by atoms with van der Waals surface area (Å²) in [7, 11) is 1.96. The van der Waals surface area contributed by atoms with E-state index in [9.17, 15) is 4.79 Å². The maximum absolute atomic E-state index is 11.8. The lowest BCUT2D eigenvalue weighted by Gasteiger charge is -2.24. The van der Waals surface area contributed by atoms with Crippen molar-refractivity contribution in [3.63, 3.8) is 0 Å². The number of amides is 1. The lowest BCUT2D eigenvalue weighted by atomic mass is 10.0. The van der Waals surface area contributed by atoms with E-state index in [0.29, 0.717) is 6.04 Å². The molecule has 0 saturated carbocycles. The standard InChI is InChI=1S/C17H28N2O2/c1-6-17(3,4)19-16(20)12-21-15-9-7-14(8-10-15)11-13(2)18-5/h7-10,13,18H,6,11-12H2,1-5H3,(H,19,20). The van der Waals surface area contributed by atoms with Crippen LogP contribution in [0.15, 0.2) is 24.3 Å². The molecule has 2 N–H and O–H groups in total. The summed E-state index contributed by atoms with van der Waals surface area (Å²) in [6, 6.07) is 8.35. The van der Waals surface area contributed by atoms with Gasteiger partial charge in [0.15, 0.2) is 6.61 Å². The molecule has 21 heavy (non-hydrogen) atoms. The van der Waals surface area contributed by atoms with E-state index in [-0.39, 0.29) is 18.1 Å². The highest BCUT2D eigenvalue weighted by Gasteiger charge is 2.17. The third-order valence-electron chi connectivity index (χ3n) is 3.69. The molecule has 0 spiro atoms. The van der Waals surface area contributed by atoms with Gasteiger partial charge in [0, 0.05) is 11.6 Å². The van der Waals surface area contributed by atoms with E-state index in [1.54, 1.807) is 0 Å². The second-order valence-corrected chi connectivity index (χ2v) is 6.11. The summed E-state index contributed by atoms with van der Waals surface area (Å²) in [6.45, 7) is 8.25. The van der Waals surface area contributed by atoms with Crippen LogP contribution in [-0.2, 0) is 11.2 Å². The van der Waals surface area contributed by atoms with Gasteiger partial charge >= 0.3 is 0 Å². The minimum Gasteiger partial charge on any atom is -0.484 e. The van der Waals surface area contributed by atoms with Crippen LogP contribution in [0.2, 0.25) is 0 Å². The normalized spacial score (nSPS) is 12.8. The average molecular weight is 292 g/mol. The molecule has 0 saturated heterocycles. The van der Waals surface area contributed by atoms with Gasteiger partial charge in [-0.25, -0.2) is 0 Å². The van der Waals surface area contributed by atoms with Crippen molar-refractivity contribution in [3.8, 4) is 5.75 Å². The molecule has 1 amide bonds. The first-order chi connectivity index (χ1) is 9.86. The summed E-state index contributed by atoms with van der Waals surface area (Å²) in [5.41, 5.74) is 1.06. The van der Waals surface area contributed by atoms with Crippen LogP contribution in [0.25, 0.3) is 0 Å². The third-order valence-corrected chi connectivity index (χ3v) is 3.69. The van der Waals surface area contributed by atoms with E-state index in [4.69, 9.17) is 4.74 Å². The van der Waals surface area contributed by atoms with Crippen molar-refractivity contribution in [3.05, 3.63) is 29.8 Å². The maximum atomic E-state index is 11.8. The summed E-state index contributed by atoms with van der Waals surface area (Å²) >= 11 is 0. The van der Waals surface area contributed by atoms with Gasteiger partial charge in [-0.05, 0) is 58.4 Å². The van der Waals surface area contributed by atoms with Gasteiger partial charge < -0.3 is 15.4 Å². The van der Waals surface area contributed by atoms with Crippen molar-refractivity contribution in [1.29, 1.82) is 0 Å².